The SMILES string of the molecule is COc1ccc(S(=O)(=O)N(CC(O)C(Cc2ccccc2)NC(=O)OC2COCOC2)OC2CCOCC2)cc1.COc1ccc(S(=O)(=O)N(CC(O)C(Cc2ccccc2)NC(C)=O)OC2CCOCC2)cc1.O=C(Oc1ccc([N+](=O)[O-])cc1)OC1COCOC1. The van der Waals surface area contributed by atoms with Gasteiger partial charge in [-0.1, -0.05) is 69.6 Å². The maximum Gasteiger partial charge on any atom is 0.514 e. The molecular formula is C62H79N5O24S2. The third-order valence-electron chi connectivity index (χ3n) is 14.3. The fourth-order valence-electron chi connectivity index (χ4n) is 9.44. The highest BCUT2D eigenvalue weighted by Gasteiger charge is 2.37. The third kappa shape index (κ3) is 24.1. The maximum absolute atomic E-state index is 13.7. The van der Waals surface area contributed by atoms with Gasteiger partial charge in [-0.25, -0.2) is 26.4 Å². The van der Waals surface area contributed by atoms with E-state index in [1.807, 2.05) is 60.7 Å². The van der Waals surface area contributed by atoms with Crippen molar-refractivity contribution in [1.29, 1.82) is 0 Å². The van der Waals surface area contributed by atoms with Crippen LogP contribution in [0.3, 0.4) is 0 Å². The van der Waals surface area contributed by atoms with Gasteiger partial charge < -0.3 is 73.0 Å². The van der Waals surface area contributed by atoms with Gasteiger partial charge in [-0.3, -0.25) is 24.6 Å². The molecule has 4 aliphatic heterocycles. The molecule has 0 saturated carbocycles. The molecular weight excluding hydrogens is 1260 g/mol. The predicted octanol–water partition coefficient (Wildman–Crippen LogP) is 5.26. The molecule has 4 heterocycles. The van der Waals surface area contributed by atoms with Crippen LogP contribution in [0.5, 0.6) is 17.2 Å². The topological polar surface area (TPSA) is 354 Å². The average Bonchev–Trinajstić information content (AvgIpc) is 0.958. The number of benzene rings is 5. The number of hydrogen-bond donors (Lipinski definition) is 4. The summed E-state index contributed by atoms with van der Waals surface area (Å²) in [6, 6.07) is 33.9. The van der Waals surface area contributed by atoms with Gasteiger partial charge >= 0.3 is 12.2 Å². The minimum Gasteiger partial charge on any atom is -0.497 e. The molecule has 93 heavy (non-hydrogen) atoms. The molecule has 4 saturated heterocycles. The number of hydroxylamine groups is 2. The highest BCUT2D eigenvalue weighted by Crippen LogP contribution is 2.27. The molecule has 4 atom stereocenters. The van der Waals surface area contributed by atoms with Gasteiger partial charge in [0.2, 0.25) is 5.91 Å². The zero-order valence-corrected chi connectivity index (χ0v) is 53.2. The van der Waals surface area contributed by atoms with Crippen LogP contribution in [-0.2, 0) is 85.3 Å². The summed E-state index contributed by atoms with van der Waals surface area (Å²) >= 11 is 0. The first-order chi connectivity index (χ1) is 44.8. The summed E-state index contributed by atoms with van der Waals surface area (Å²) < 4.78 is 112. The van der Waals surface area contributed by atoms with Crippen LogP contribution in [0.15, 0.2) is 143 Å². The number of methoxy groups -OCH3 is 2. The number of nitro groups is 1. The molecule has 0 bridgehead atoms. The second kappa shape index (κ2) is 37.4. The van der Waals surface area contributed by atoms with Crippen LogP contribution >= 0.6 is 0 Å². The van der Waals surface area contributed by atoms with E-state index in [4.69, 9.17) is 61.8 Å². The Bertz CT molecular complexity index is 3290. The molecule has 508 valence electrons. The number of nitro benzene ring substituents is 1. The number of hydrogen-bond acceptors (Lipinski definition) is 24. The van der Waals surface area contributed by atoms with E-state index in [0.717, 1.165) is 20.1 Å². The van der Waals surface area contributed by atoms with Crippen molar-refractivity contribution < 1.29 is 108 Å². The first-order valence-corrected chi connectivity index (χ1v) is 32.6. The Hall–Kier alpha value is -7.47. The van der Waals surface area contributed by atoms with Crippen LogP contribution < -0.4 is 24.8 Å². The first kappa shape index (κ1) is 72.9. The van der Waals surface area contributed by atoms with E-state index < -0.39 is 86.4 Å². The second-order valence-electron chi connectivity index (χ2n) is 21.3. The third-order valence-corrected chi connectivity index (χ3v) is 17.6. The first-order valence-electron chi connectivity index (χ1n) is 29.7. The summed E-state index contributed by atoms with van der Waals surface area (Å²) in [5, 5.41) is 38.3. The Kier molecular flexibility index (Phi) is 29.4. The Balaban J connectivity index is 0.000000209. The molecule has 31 heteroatoms. The molecule has 29 nitrogen and oxygen atoms in total. The predicted molar refractivity (Wildman–Crippen MR) is 328 cm³/mol. The highest BCUT2D eigenvalue weighted by molar-refractivity contribution is 7.89. The molecule has 0 spiro atoms. The van der Waals surface area contributed by atoms with E-state index >= 15 is 0 Å². The van der Waals surface area contributed by atoms with Gasteiger partial charge in [-0.2, -0.15) is 0 Å². The number of aliphatic hydroxyl groups is 2. The molecule has 4 fully saturated rings. The standard InChI is InChI=1S/C27H36N2O10S.C24H32N2O7S.C11H11NO7/c1-34-21-7-9-24(10-8-21)40(32,33)29(39-22-11-13-35-14-12-22)16-26(30)25(15-20-5-3-2-4-6-20)28-27(31)38-23-17-36-19-37-18-23;1-18(27)25-23(16-19-6-4-3-5-7-19)24(28)17-26(33-21-12-14-32-15-13-21)34(29,30)22-10-8-20(31-2)9-11-22;13-11(19-10-5-16-7-17-6-10)18-9-3-1-8(2-4-9)12(14)15/h2-10,22-23,25-26,30H,11-19H2,1H3,(H,28,31);3-11,21,23-24,28H,12-17H2,1-2H3,(H,25,27);1-4,10H,5-7H2. The lowest BCUT2D eigenvalue weighted by Gasteiger charge is -2.32. The van der Waals surface area contributed by atoms with Crippen molar-refractivity contribution in [2.75, 3.05) is 93.8 Å². The van der Waals surface area contributed by atoms with Crippen molar-refractivity contribution in [2.45, 2.75) is 104 Å². The Morgan fingerprint density at radius 1 is 0.548 bits per heavy atom. The van der Waals surface area contributed by atoms with Gasteiger partial charge in [0, 0.05) is 45.5 Å². The smallest absolute Gasteiger partial charge is 0.497 e. The van der Waals surface area contributed by atoms with Gasteiger partial charge in [0.1, 0.15) is 30.8 Å². The number of nitrogens with zero attached hydrogens (tertiary/aromatic N) is 3. The van der Waals surface area contributed by atoms with E-state index in [-0.39, 0.29) is 86.2 Å². The summed E-state index contributed by atoms with van der Waals surface area (Å²) in [5.41, 5.74) is 1.64. The van der Waals surface area contributed by atoms with Crippen molar-refractivity contribution in [2.24, 2.45) is 0 Å². The van der Waals surface area contributed by atoms with Crippen molar-refractivity contribution in [1.82, 2.24) is 19.6 Å². The van der Waals surface area contributed by atoms with E-state index in [9.17, 15) is 51.5 Å². The number of non-ortho nitro benzene ring substituents is 1. The lowest BCUT2D eigenvalue weighted by Crippen LogP contribution is -2.52. The second-order valence-corrected chi connectivity index (χ2v) is 25.0. The van der Waals surface area contributed by atoms with Crippen LogP contribution in [-0.4, -0.2) is 202 Å². The maximum atomic E-state index is 13.7. The van der Waals surface area contributed by atoms with Crippen molar-refractivity contribution in [3.63, 3.8) is 0 Å². The normalized spacial score (nSPS) is 17.4. The summed E-state index contributed by atoms with van der Waals surface area (Å²) in [6.07, 6.45) is -3.61. The summed E-state index contributed by atoms with van der Waals surface area (Å²) in [4.78, 5) is 57.7. The van der Waals surface area contributed by atoms with Gasteiger partial charge in [-0.15, -0.1) is 0 Å². The van der Waals surface area contributed by atoms with Gasteiger partial charge in [0.25, 0.3) is 25.7 Å². The lowest BCUT2D eigenvalue weighted by molar-refractivity contribution is -0.384. The molecule has 4 N–H and O–H groups in total. The number of rotatable bonds is 26. The Labute approximate surface area is 539 Å². The number of ether oxygens (including phenoxy) is 11. The van der Waals surface area contributed by atoms with Crippen molar-refractivity contribution in [3.05, 3.63) is 155 Å². The van der Waals surface area contributed by atoms with Crippen LogP contribution in [0.1, 0.15) is 43.7 Å². The minimum atomic E-state index is -4.20. The number of carbonyl (C=O) groups excluding carboxylic acids is 3. The summed E-state index contributed by atoms with van der Waals surface area (Å²) in [5.74, 6) is 0.850. The monoisotopic (exact) mass is 1340 g/mol. The molecule has 4 aliphatic rings. The quantitative estimate of drug-likeness (QED) is 0.0237. The van der Waals surface area contributed by atoms with Gasteiger partial charge in [0.15, 0.2) is 12.2 Å². The molecule has 0 aliphatic carbocycles. The molecule has 2 amide bonds. The fraction of sp³-hybridized carbons (Fsp3) is 0.468. The van der Waals surface area contributed by atoms with Gasteiger partial charge in [-0.05, 0) is 110 Å². The number of sulfonamides is 2. The summed E-state index contributed by atoms with van der Waals surface area (Å²) in [6.45, 7) is 3.52. The number of nitrogens with one attached hydrogen (secondary N) is 2. The van der Waals surface area contributed by atoms with E-state index in [1.165, 1.54) is 81.8 Å². The van der Waals surface area contributed by atoms with Gasteiger partial charge in [0.05, 0.1) is 105 Å². The molecule has 0 aromatic heterocycles. The van der Waals surface area contributed by atoms with Crippen LogP contribution in [0, 0.1) is 10.1 Å². The number of carbonyl (C=O) groups is 3. The lowest BCUT2D eigenvalue weighted by atomic mass is 10.0. The largest absolute Gasteiger partial charge is 0.514 e. The van der Waals surface area contributed by atoms with E-state index in [0.29, 0.717) is 70.0 Å². The molecule has 0 radical (unpaired) electrons. The number of aliphatic hydroxyl groups excluding tert-OH is 2. The number of alkyl carbamates (subject to hydrolysis) is 1. The molecule has 9 rings (SSSR count). The number of amides is 2. The molecule has 4 unspecified atom stereocenters. The van der Waals surface area contributed by atoms with Crippen molar-refractivity contribution in [3.8, 4) is 17.2 Å². The van der Waals surface area contributed by atoms with Crippen LogP contribution in [0.2, 0.25) is 0 Å². The average molecular weight is 1340 g/mol. The Morgan fingerprint density at radius 3 is 1.32 bits per heavy atom. The molecule has 5 aromatic rings. The minimum absolute atomic E-state index is 0.00620. The zero-order valence-electron chi connectivity index (χ0n) is 51.6. The molecule has 5 aromatic carbocycles. The zero-order chi connectivity index (χ0) is 66.6. The fourth-order valence-corrected chi connectivity index (χ4v) is 12.0. The van der Waals surface area contributed by atoms with E-state index in [1.54, 1.807) is 12.1 Å². The highest BCUT2D eigenvalue weighted by atomic mass is 32.2. The van der Waals surface area contributed by atoms with Crippen LogP contribution in [0.4, 0.5) is 15.3 Å². The Morgan fingerprint density at radius 2 is 0.935 bits per heavy atom. The van der Waals surface area contributed by atoms with E-state index in [2.05, 4.69) is 10.6 Å². The summed E-state index contributed by atoms with van der Waals surface area (Å²) in [7, 11) is -5.33. The van der Waals surface area contributed by atoms with Crippen molar-refractivity contribution >= 4 is 43.9 Å². The van der Waals surface area contributed by atoms with Crippen LogP contribution in [0.25, 0.3) is 0 Å².